The quantitative estimate of drug-likeness (QED) is 0.539. The van der Waals surface area contributed by atoms with Crippen molar-refractivity contribution in [1.29, 1.82) is 0 Å². The van der Waals surface area contributed by atoms with E-state index in [1.54, 1.807) is 43.8 Å². The molecule has 3 rings (SSSR count). The third-order valence-corrected chi connectivity index (χ3v) is 6.26. The Morgan fingerprint density at radius 1 is 1.20 bits per heavy atom. The molecule has 1 fully saturated rings. The van der Waals surface area contributed by atoms with E-state index in [-0.39, 0.29) is 11.0 Å². The third kappa shape index (κ3) is 4.07. The molecule has 0 saturated carbocycles. The van der Waals surface area contributed by atoms with Crippen molar-refractivity contribution in [1.82, 2.24) is 10.2 Å². The number of hydrogen-bond donors (Lipinski definition) is 0. The highest BCUT2D eigenvalue weighted by atomic mass is 32.2. The van der Waals surface area contributed by atoms with E-state index in [1.807, 2.05) is 6.92 Å². The fourth-order valence-electron chi connectivity index (χ4n) is 2.72. The van der Waals surface area contributed by atoms with E-state index in [2.05, 4.69) is 15.1 Å². The van der Waals surface area contributed by atoms with Crippen LogP contribution in [-0.2, 0) is 0 Å². The predicted molar refractivity (Wildman–Crippen MR) is 101 cm³/mol. The first-order valence-electron chi connectivity index (χ1n) is 8.13. The number of ether oxygens (including phenoxy) is 2. The van der Waals surface area contributed by atoms with Gasteiger partial charge >= 0.3 is 0 Å². The van der Waals surface area contributed by atoms with Gasteiger partial charge in [0.25, 0.3) is 0 Å². The van der Waals surface area contributed by atoms with E-state index >= 15 is 0 Å². The molecular formula is C17H21N3O3S2. The predicted octanol–water partition coefficient (Wildman–Crippen LogP) is 3.52. The van der Waals surface area contributed by atoms with Crippen LogP contribution in [0.25, 0.3) is 0 Å². The lowest BCUT2D eigenvalue weighted by Crippen LogP contribution is -2.17. The maximum absolute atomic E-state index is 12.7. The Balaban J connectivity index is 1.68. The van der Waals surface area contributed by atoms with Crippen LogP contribution in [0.4, 0.5) is 5.13 Å². The molecule has 8 heteroatoms. The highest BCUT2D eigenvalue weighted by molar-refractivity contribution is 8.02. The number of rotatable bonds is 7. The molecular weight excluding hydrogens is 358 g/mol. The minimum atomic E-state index is -0.252. The van der Waals surface area contributed by atoms with Gasteiger partial charge in [0.1, 0.15) is 0 Å². The number of nitrogens with zero attached hydrogens (tertiary/aromatic N) is 3. The van der Waals surface area contributed by atoms with Crippen LogP contribution in [0.1, 0.15) is 30.1 Å². The van der Waals surface area contributed by atoms with Crippen LogP contribution in [0.15, 0.2) is 22.5 Å². The molecule has 2 heterocycles. The normalized spacial score (nSPS) is 15.2. The molecule has 1 atom stereocenters. The van der Waals surface area contributed by atoms with Crippen molar-refractivity contribution in [3.05, 3.63) is 23.8 Å². The van der Waals surface area contributed by atoms with E-state index in [1.165, 1.54) is 24.6 Å². The number of methoxy groups -OCH3 is 2. The molecule has 0 radical (unpaired) electrons. The largest absolute Gasteiger partial charge is 0.493 e. The first-order valence-corrected chi connectivity index (χ1v) is 9.83. The smallest absolute Gasteiger partial charge is 0.209 e. The molecule has 0 spiro atoms. The first kappa shape index (κ1) is 18.0. The summed E-state index contributed by atoms with van der Waals surface area (Å²) in [5.74, 6) is 1.19. The number of thioether (sulfide) groups is 1. The molecule has 134 valence electrons. The van der Waals surface area contributed by atoms with Crippen LogP contribution in [0.2, 0.25) is 0 Å². The van der Waals surface area contributed by atoms with Gasteiger partial charge in [-0.25, -0.2) is 0 Å². The van der Waals surface area contributed by atoms with E-state index in [0.29, 0.717) is 17.1 Å². The lowest BCUT2D eigenvalue weighted by Gasteiger charge is -2.12. The maximum Gasteiger partial charge on any atom is 0.209 e. The Morgan fingerprint density at radius 2 is 1.92 bits per heavy atom. The molecule has 1 aliphatic rings. The van der Waals surface area contributed by atoms with Crippen molar-refractivity contribution in [3.8, 4) is 11.5 Å². The summed E-state index contributed by atoms with van der Waals surface area (Å²) in [6.07, 6.45) is 2.41. The van der Waals surface area contributed by atoms with Gasteiger partial charge in [-0.1, -0.05) is 23.1 Å². The number of hydrogen-bond acceptors (Lipinski definition) is 8. The van der Waals surface area contributed by atoms with Gasteiger partial charge in [-0.3, -0.25) is 4.79 Å². The zero-order chi connectivity index (χ0) is 17.8. The molecule has 0 N–H and O–H groups in total. The molecule has 1 aliphatic heterocycles. The molecule has 1 saturated heterocycles. The van der Waals surface area contributed by atoms with Gasteiger partial charge in [0.05, 0.1) is 19.5 Å². The molecule has 0 amide bonds. The van der Waals surface area contributed by atoms with E-state index in [9.17, 15) is 4.79 Å². The summed E-state index contributed by atoms with van der Waals surface area (Å²) in [7, 11) is 3.14. The topological polar surface area (TPSA) is 64.5 Å². The number of ketones is 1. The van der Waals surface area contributed by atoms with E-state index in [4.69, 9.17) is 9.47 Å². The molecule has 1 aromatic carbocycles. The Morgan fingerprint density at radius 3 is 2.60 bits per heavy atom. The van der Waals surface area contributed by atoms with Crippen molar-refractivity contribution in [3.63, 3.8) is 0 Å². The molecule has 1 aromatic heterocycles. The summed E-state index contributed by atoms with van der Waals surface area (Å²) in [4.78, 5) is 15.0. The van der Waals surface area contributed by atoms with Crippen LogP contribution in [-0.4, -0.2) is 48.5 Å². The summed E-state index contributed by atoms with van der Waals surface area (Å²) in [6, 6.07) is 5.23. The van der Waals surface area contributed by atoms with Gasteiger partial charge in [0, 0.05) is 18.7 Å². The standard InChI is InChI=1S/C17H21N3O3S2/c1-11(15(21)12-6-7-13(22-2)14(10-12)23-3)24-17-19-18-16(25-17)20-8-4-5-9-20/h6-7,10-11H,4-5,8-9H2,1-3H3/t11-/m0/s1. The molecule has 0 aliphatic carbocycles. The zero-order valence-electron chi connectivity index (χ0n) is 14.5. The van der Waals surface area contributed by atoms with Crippen molar-refractivity contribution < 1.29 is 14.3 Å². The highest BCUT2D eigenvalue weighted by Gasteiger charge is 2.22. The SMILES string of the molecule is COc1ccc(C(=O)[C@H](C)Sc2nnc(N3CCCC3)s2)cc1OC. The Kier molecular flexibility index (Phi) is 5.80. The molecule has 0 bridgehead atoms. The minimum absolute atomic E-state index is 0.0314. The molecule has 0 unspecified atom stereocenters. The Labute approximate surface area is 155 Å². The van der Waals surface area contributed by atoms with Gasteiger partial charge in [0.15, 0.2) is 21.6 Å². The van der Waals surface area contributed by atoms with E-state index < -0.39 is 0 Å². The van der Waals surface area contributed by atoms with Crippen LogP contribution in [0.3, 0.4) is 0 Å². The third-order valence-electron chi connectivity index (χ3n) is 4.09. The number of aromatic nitrogens is 2. The van der Waals surface area contributed by atoms with Crippen LogP contribution >= 0.6 is 23.1 Å². The molecule has 25 heavy (non-hydrogen) atoms. The Hall–Kier alpha value is -1.80. The Bertz CT molecular complexity index is 744. The second kappa shape index (κ2) is 8.05. The summed E-state index contributed by atoms with van der Waals surface area (Å²) in [5, 5.41) is 9.19. The first-order chi connectivity index (χ1) is 12.1. The number of Topliss-reactive ketones (excluding diaryl/α,β-unsaturated/α-hetero) is 1. The van der Waals surface area contributed by atoms with E-state index in [0.717, 1.165) is 22.6 Å². The van der Waals surface area contributed by atoms with Crippen molar-refractivity contribution >= 4 is 34.0 Å². The second-order valence-electron chi connectivity index (χ2n) is 5.74. The van der Waals surface area contributed by atoms with Gasteiger partial charge < -0.3 is 14.4 Å². The van der Waals surface area contributed by atoms with Crippen LogP contribution in [0.5, 0.6) is 11.5 Å². The fourth-order valence-corrected chi connectivity index (χ4v) is 4.83. The van der Waals surface area contributed by atoms with Gasteiger partial charge in [-0.05, 0) is 38.0 Å². The van der Waals surface area contributed by atoms with Gasteiger partial charge in [-0.15, -0.1) is 10.2 Å². The average Bonchev–Trinajstić information content (AvgIpc) is 3.31. The summed E-state index contributed by atoms with van der Waals surface area (Å²) < 4.78 is 11.3. The molecule has 6 nitrogen and oxygen atoms in total. The van der Waals surface area contributed by atoms with Crippen molar-refractivity contribution in [2.24, 2.45) is 0 Å². The summed E-state index contributed by atoms with van der Waals surface area (Å²) >= 11 is 3.00. The highest BCUT2D eigenvalue weighted by Crippen LogP contribution is 2.34. The number of carbonyl (C=O) groups excluding carboxylic acids is 1. The summed E-state index contributed by atoms with van der Waals surface area (Å²) in [5.41, 5.74) is 0.599. The number of anilines is 1. The zero-order valence-corrected chi connectivity index (χ0v) is 16.2. The average molecular weight is 380 g/mol. The lowest BCUT2D eigenvalue weighted by atomic mass is 10.1. The van der Waals surface area contributed by atoms with Gasteiger partial charge in [0.2, 0.25) is 5.13 Å². The summed E-state index contributed by atoms with van der Waals surface area (Å²) in [6.45, 7) is 3.97. The number of benzene rings is 1. The number of carbonyl (C=O) groups is 1. The van der Waals surface area contributed by atoms with Crippen LogP contribution < -0.4 is 14.4 Å². The fraction of sp³-hybridized carbons (Fsp3) is 0.471. The monoisotopic (exact) mass is 379 g/mol. The molecule has 2 aromatic rings. The lowest BCUT2D eigenvalue weighted by molar-refractivity contribution is 0.0993. The minimum Gasteiger partial charge on any atom is -0.493 e. The maximum atomic E-state index is 12.7. The second-order valence-corrected chi connectivity index (χ2v) is 8.28. The van der Waals surface area contributed by atoms with Crippen molar-refractivity contribution in [2.75, 3.05) is 32.2 Å². The van der Waals surface area contributed by atoms with Gasteiger partial charge in [-0.2, -0.15) is 0 Å². The van der Waals surface area contributed by atoms with Crippen molar-refractivity contribution in [2.45, 2.75) is 29.4 Å². The van der Waals surface area contributed by atoms with Crippen LogP contribution in [0, 0.1) is 0 Å².